The zero-order valence-electron chi connectivity index (χ0n) is 21.5. The number of carbonyl (C=O) groups excluding carboxylic acids is 1. The highest BCUT2D eigenvalue weighted by Gasteiger charge is 2.32. The van der Waals surface area contributed by atoms with E-state index in [0.717, 1.165) is 22.2 Å². The van der Waals surface area contributed by atoms with E-state index in [9.17, 15) is 13.2 Å². The normalized spacial score (nSPS) is 18.5. The summed E-state index contributed by atoms with van der Waals surface area (Å²) in [7, 11) is -3.64. The summed E-state index contributed by atoms with van der Waals surface area (Å²) in [4.78, 5) is 24.7. The molecule has 10 heteroatoms. The van der Waals surface area contributed by atoms with Gasteiger partial charge in [0.1, 0.15) is 0 Å². The van der Waals surface area contributed by atoms with Crippen molar-refractivity contribution in [3.63, 3.8) is 0 Å². The van der Waals surface area contributed by atoms with Crippen LogP contribution in [0.3, 0.4) is 0 Å². The van der Waals surface area contributed by atoms with Gasteiger partial charge >= 0.3 is 0 Å². The van der Waals surface area contributed by atoms with E-state index >= 15 is 0 Å². The number of halogens is 1. The molecule has 2 unspecified atom stereocenters. The second kappa shape index (κ2) is 10.7. The molecule has 5 rings (SSSR count). The fourth-order valence-corrected chi connectivity index (χ4v) is 7.96. The predicted octanol–water partition coefficient (Wildman–Crippen LogP) is 6.17. The first-order valence-electron chi connectivity index (χ1n) is 12.5. The molecule has 2 aromatic heterocycles. The molecule has 0 N–H and O–H groups in total. The monoisotopic (exact) mass is 568 g/mol. The number of hydrogen-bond acceptors (Lipinski definition) is 6. The number of hydrogen-bond donors (Lipinski definition) is 0. The quantitative estimate of drug-likeness (QED) is 0.278. The number of carbonyl (C=O) groups is 1. The number of sulfonamides is 1. The second-order valence-corrected chi connectivity index (χ2v) is 13.4. The smallest absolute Gasteiger partial charge is 0.260 e. The van der Waals surface area contributed by atoms with Gasteiger partial charge in [0.15, 0.2) is 5.13 Å². The number of piperidine rings is 1. The maximum absolute atomic E-state index is 13.8. The van der Waals surface area contributed by atoms with E-state index in [-0.39, 0.29) is 17.3 Å². The Morgan fingerprint density at radius 2 is 1.79 bits per heavy atom. The Bertz CT molecular complexity index is 1520. The number of thiazole rings is 1. The fraction of sp³-hybridized carbons (Fsp3) is 0.321. The summed E-state index contributed by atoms with van der Waals surface area (Å²) in [6, 6.07) is 15.5. The van der Waals surface area contributed by atoms with Crippen LogP contribution in [-0.4, -0.2) is 41.7 Å². The van der Waals surface area contributed by atoms with Gasteiger partial charge in [0.2, 0.25) is 10.0 Å². The lowest BCUT2D eigenvalue weighted by Gasteiger charge is -2.34. The summed E-state index contributed by atoms with van der Waals surface area (Å²) < 4.78 is 29.0. The molecule has 1 aliphatic heterocycles. The van der Waals surface area contributed by atoms with Crippen LogP contribution in [0.1, 0.15) is 41.9 Å². The highest BCUT2D eigenvalue weighted by atomic mass is 35.5. The molecule has 0 spiro atoms. The number of anilines is 1. The van der Waals surface area contributed by atoms with Crippen molar-refractivity contribution in [3.8, 4) is 0 Å². The summed E-state index contributed by atoms with van der Waals surface area (Å²) in [5.41, 5.74) is 2.79. The number of aromatic nitrogens is 2. The summed E-state index contributed by atoms with van der Waals surface area (Å²) in [5, 5.41) is 1.08. The molecule has 2 aromatic carbocycles. The van der Waals surface area contributed by atoms with Gasteiger partial charge < -0.3 is 0 Å². The molecule has 1 aliphatic rings. The molecule has 0 bridgehead atoms. The maximum atomic E-state index is 13.8. The lowest BCUT2D eigenvalue weighted by molar-refractivity contribution is 0.0984. The van der Waals surface area contributed by atoms with Crippen molar-refractivity contribution in [3.05, 3.63) is 82.6 Å². The average Bonchev–Trinajstić information content (AvgIpc) is 3.36. The molecular weight excluding hydrogens is 540 g/mol. The first-order chi connectivity index (χ1) is 18.1. The summed E-state index contributed by atoms with van der Waals surface area (Å²) in [5.74, 6) is 0.314. The molecule has 4 aromatic rings. The number of nitrogens with zero attached hydrogens (tertiary/aromatic N) is 4. The topological polar surface area (TPSA) is 83.5 Å². The van der Waals surface area contributed by atoms with E-state index in [1.165, 1.54) is 23.5 Å². The molecule has 1 fully saturated rings. The molecule has 2 atom stereocenters. The zero-order valence-corrected chi connectivity index (χ0v) is 23.9. The van der Waals surface area contributed by atoms with E-state index in [1.54, 1.807) is 27.5 Å². The third-order valence-electron chi connectivity index (χ3n) is 6.78. The van der Waals surface area contributed by atoms with Crippen LogP contribution in [0.5, 0.6) is 0 Å². The van der Waals surface area contributed by atoms with Crippen LogP contribution in [0.25, 0.3) is 10.2 Å². The van der Waals surface area contributed by atoms with Gasteiger partial charge in [-0.1, -0.05) is 48.9 Å². The highest BCUT2D eigenvalue weighted by molar-refractivity contribution is 7.89. The van der Waals surface area contributed by atoms with E-state index in [1.807, 2.05) is 37.3 Å². The molecule has 1 amide bonds. The zero-order chi connectivity index (χ0) is 27.0. The van der Waals surface area contributed by atoms with Crippen molar-refractivity contribution in [2.45, 2.75) is 38.6 Å². The van der Waals surface area contributed by atoms with Gasteiger partial charge in [-0.25, -0.2) is 13.4 Å². The summed E-state index contributed by atoms with van der Waals surface area (Å²) in [6.07, 6.45) is 2.70. The standard InChI is InChI=1S/C28H29ClN4O3S2/c1-18-14-19(2)16-32(15-18)38(35,36)23-10-8-21(9-11-23)27(34)33(17-22-6-4-5-13-30-22)28-31-25-20(3)7-12-24(29)26(25)37-28/h4-13,18-19H,14-17H2,1-3H3. The Morgan fingerprint density at radius 1 is 1.08 bits per heavy atom. The maximum Gasteiger partial charge on any atom is 0.260 e. The van der Waals surface area contributed by atoms with Crippen LogP contribution >= 0.6 is 22.9 Å². The third kappa shape index (κ3) is 5.33. The van der Waals surface area contributed by atoms with E-state index < -0.39 is 10.0 Å². The largest absolute Gasteiger partial charge is 0.278 e. The van der Waals surface area contributed by atoms with Crippen LogP contribution in [0.2, 0.25) is 5.02 Å². The van der Waals surface area contributed by atoms with Crippen molar-refractivity contribution in [1.82, 2.24) is 14.3 Å². The molecule has 7 nitrogen and oxygen atoms in total. The minimum Gasteiger partial charge on any atom is -0.278 e. The molecule has 0 radical (unpaired) electrons. The first-order valence-corrected chi connectivity index (χ1v) is 15.1. The van der Waals surface area contributed by atoms with Crippen LogP contribution < -0.4 is 4.90 Å². The molecule has 1 saturated heterocycles. The summed E-state index contributed by atoms with van der Waals surface area (Å²) >= 11 is 7.79. The van der Waals surface area contributed by atoms with Gasteiger partial charge in [0.05, 0.1) is 32.4 Å². The molecule has 3 heterocycles. The SMILES string of the molecule is Cc1ccc(Cl)c2sc(N(Cc3ccccn3)C(=O)c3ccc(S(=O)(=O)N4CC(C)CC(C)C4)cc3)nc12. The average molecular weight is 569 g/mol. The number of pyridine rings is 1. The third-order valence-corrected chi connectivity index (χ3v) is 10.2. The van der Waals surface area contributed by atoms with E-state index in [0.29, 0.717) is 46.3 Å². The number of fused-ring (bicyclic) bond motifs is 1. The van der Waals surface area contributed by atoms with E-state index in [4.69, 9.17) is 16.6 Å². The fourth-order valence-electron chi connectivity index (χ4n) is 4.96. The lowest BCUT2D eigenvalue weighted by Crippen LogP contribution is -2.42. The lowest BCUT2D eigenvalue weighted by atomic mass is 9.94. The van der Waals surface area contributed by atoms with Crippen molar-refractivity contribution in [1.29, 1.82) is 0 Å². The van der Waals surface area contributed by atoms with Crippen molar-refractivity contribution in [2.75, 3.05) is 18.0 Å². The minimum atomic E-state index is -3.64. The van der Waals surface area contributed by atoms with Crippen LogP contribution in [0.15, 0.2) is 65.7 Å². The number of amides is 1. The molecule has 198 valence electrons. The van der Waals surface area contributed by atoms with Crippen molar-refractivity contribution < 1.29 is 13.2 Å². The minimum absolute atomic E-state index is 0.189. The number of aryl methyl sites for hydroxylation is 1. The van der Waals surface area contributed by atoms with Gasteiger partial charge in [-0.2, -0.15) is 4.31 Å². The second-order valence-electron chi connectivity index (χ2n) is 10.0. The van der Waals surface area contributed by atoms with E-state index in [2.05, 4.69) is 18.8 Å². The van der Waals surface area contributed by atoms with Gasteiger partial charge in [0, 0.05) is 24.8 Å². The number of rotatable bonds is 6. The Kier molecular flexibility index (Phi) is 7.55. The van der Waals surface area contributed by atoms with Gasteiger partial charge in [0.25, 0.3) is 5.91 Å². The number of benzene rings is 2. The Labute approximate surface area is 232 Å². The Hall–Kier alpha value is -2.85. The van der Waals surface area contributed by atoms with Crippen LogP contribution in [0.4, 0.5) is 5.13 Å². The van der Waals surface area contributed by atoms with Crippen LogP contribution in [0, 0.1) is 18.8 Å². The van der Waals surface area contributed by atoms with Gasteiger partial charge in [-0.05, 0) is 73.2 Å². The highest BCUT2D eigenvalue weighted by Crippen LogP contribution is 2.36. The molecular formula is C28H29ClN4O3S2. The Morgan fingerprint density at radius 3 is 2.42 bits per heavy atom. The van der Waals surface area contributed by atoms with Crippen molar-refractivity contribution >= 4 is 54.2 Å². The van der Waals surface area contributed by atoms with Crippen molar-refractivity contribution in [2.24, 2.45) is 11.8 Å². The summed E-state index contributed by atoms with van der Waals surface area (Å²) in [6.45, 7) is 7.32. The molecule has 0 aliphatic carbocycles. The first kappa shape index (κ1) is 26.7. The van der Waals surface area contributed by atoms with Crippen LogP contribution in [-0.2, 0) is 16.6 Å². The Balaban J connectivity index is 1.48. The molecule has 0 saturated carbocycles. The predicted molar refractivity (Wildman–Crippen MR) is 152 cm³/mol. The van der Waals surface area contributed by atoms with Gasteiger partial charge in [-0.15, -0.1) is 0 Å². The molecule has 38 heavy (non-hydrogen) atoms. The van der Waals surface area contributed by atoms with Gasteiger partial charge in [-0.3, -0.25) is 14.7 Å².